The van der Waals surface area contributed by atoms with Crippen molar-refractivity contribution in [2.75, 3.05) is 11.4 Å². The van der Waals surface area contributed by atoms with E-state index >= 15 is 0 Å². The Balaban J connectivity index is 2.31. The number of rotatable bonds is 1. The minimum absolute atomic E-state index is 0.620. The van der Waals surface area contributed by atoms with Crippen LogP contribution in [0.3, 0.4) is 0 Å². The van der Waals surface area contributed by atoms with Crippen molar-refractivity contribution in [3.05, 3.63) is 28.2 Å². The third-order valence-electron chi connectivity index (χ3n) is 2.57. The molecule has 1 aromatic carbocycles. The summed E-state index contributed by atoms with van der Waals surface area (Å²) in [6.07, 6.45) is 3.04. The molecular weight excluding hydrogens is 231 g/mol. The average molecular weight is 243 g/mol. The van der Waals surface area contributed by atoms with Crippen molar-refractivity contribution in [3.8, 4) is 0 Å². The average Bonchev–Trinajstić information content (AvgIpc) is 2.20. The summed E-state index contributed by atoms with van der Waals surface area (Å²) >= 11 is 11.9. The van der Waals surface area contributed by atoms with E-state index in [0.29, 0.717) is 15.9 Å². The molecule has 1 aromatic rings. The van der Waals surface area contributed by atoms with E-state index in [9.17, 15) is 0 Å². The molecular formula is C11H12Cl2N2. The summed E-state index contributed by atoms with van der Waals surface area (Å²) < 4.78 is 0. The van der Waals surface area contributed by atoms with E-state index in [4.69, 9.17) is 28.6 Å². The fourth-order valence-corrected chi connectivity index (χ4v) is 2.31. The zero-order chi connectivity index (χ0) is 10.8. The summed E-state index contributed by atoms with van der Waals surface area (Å²) in [5.74, 6) is 0.644. The van der Waals surface area contributed by atoms with Gasteiger partial charge in [0.15, 0.2) is 0 Å². The van der Waals surface area contributed by atoms with Crippen LogP contribution in [0.5, 0.6) is 0 Å². The Morgan fingerprint density at radius 1 is 1.20 bits per heavy atom. The monoisotopic (exact) mass is 242 g/mol. The SMILES string of the molecule is N=C1CCCCN1c1ccc(Cl)cc1Cl. The number of nitrogens with one attached hydrogen (secondary N) is 1. The van der Waals surface area contributed by atoms with Gasteiger partial charge >= 0.3 is 0 Å². The largest absolute Gasteiger partial charge is 0.329 e. The predicted octanol–water partition coefficient (Wildman–Crippen LogP) is 3.96. The number of benzene rings is 1. The molecule has 0 unspecified atom stereocenters. The van der Waals surface area contributed by atoms with Crippen LogP contribution in [-0.4, -0.2) is 12.4 Å². The number of anilines is 1. The molecule has 1 heterocycles. The van der Waals surface area contributed by atoms with Gasteiger partial charge in [0.1, 0.15) is 5.84 Å². The van der Waals surface area contributed by atoms with E-state index in [1.807, 2.05) is 17.0 Å². The van der Waals surface area contributed by atoms with Gasteiger partial charge < -0.3 is 4.90 Å². The van der Waals surface area contributed by atoms with Crippen LogP contribution in [-0.2, 0) is 0 Å². The van der Waals surface area contributed by atoms with Gasteiger partial charge in [0, 0.05) is 18.0 Å². The molecule has 0 aromatic heterocycles. The summed E-state index contributed by atoms with van der Waals surface area (Å²) in [4.78, 5) is 1.96. The molecule has 0 spiro atoms. The van der Waals surface area contributed by atoms with Gasteiger partial charge in [-0.05, 0) is 31.0 Å². The first-order valence-corrected chi connectivity index (χ1v) is 5.74. The lowest BCUT2D eigenvalue weighted by Crippen LogP contribution is -2.34. The van der Waals surface area contributed by atoms with Crippen molar-refractivity contribution in [1.29, 1.82) is 5.41 Å². The van der Waals surface area contributed by atoms with Crippen LogP contribution < -0.4 is 4.90 Å². The highest BCUT2D eigenvalue weighted by Gasteiger charge is 2.18. The number of hydrogen-bond acceptors (Lipinski definition) is 1. The van der Waals surface area contributed by atoms with Gasteiger partial charge in [-0.3, -0.25) is 5.41 Å². The van der Waals surface area contributed by atoms with Gasteiger partial charge in [0.2, 0.25) is 0 Å². The molecule has 2 rings (SSSR count). The van der Waals surface area contributed by atoms with Crippen LogP contribution >= 0.6 is 23.2 Å². The Kier molecular flexibility index (Phi) is 3.17. The Morgan fingerprint density at radius 2 is 2.00 bits per heavy atom. The topological polar surface area (TPSA) is 27.1 Å². The molecule has 0 aliphatic carbocycles. The first kappa shape index (κ1) is 10.8. The Bertz CT molecular complexity index is 390. The summed E-state index contributed by atoms with van der Waals surface area (Å²) in [5.41, 5.74) is 0.894. The zero-order valence-electron chi connectivity index (χ0n) is 8.26. The first-order chi connectivity index (χ1) is 7.18. The Morgan fingerprint density at radius 3 is 2.67 bits per heavy atom. The fraction of sp³-hybridized carbons (Fsp3) is 0.364. The van der Waals surface area contributed by atoms with Gasteiger partial charge in [0.25, 0.3) is 0 Å². The van der Waals surface area contributed by atoms with E-state index in [1.165, 1.54) is 0 Å². The number of halogens is 2. The molecule has 2 nitrogen and oxygen atoms in total. The van der Waals surface area contributed by atoms with E-state index in [1.54, 1.807) is 6.07 Å². The van der Waals surface area contributed by atoms with Gasteiger partial charge in [0.05, 0.1) is 10.7 Å². The Labute approximate surface area is 99.3 Å². The van der Waals surface area contributed by atoms with Crippen molar-refractivity contribution in [1.82, 2.24) is 0 Å². The quantitative estimate of drug-likeness (QED) is 0.794. The van der Waals surface area contributed by atoms with Crippen LogP contribution in [0.15, 0.2) is 18.2 Å². The molecule has 0 bridgehead atoms. The molecule has 1 aliphatic rings. The van der Waals surface area contributed by atoms with Crippen LogP contribution in [0.4, 0.5) is 5.69 Å². The minimum atomic E-state index is 0.620. The minimum Gasteiger partial charge on any atom is -0.329 e. The van der Waals surface area contributed by atoms with E-state index < -0.39 is 0 Å². The zero-order valence-corrected chi connectivity index (χ0v) is 9.78. The molecule has 1 fully saturated rings. The molecule has 0 atom stereocenters. The Hall–Kier alpha value is -0.730. The van der Waals surface area contributed by atoms with Gasteiger partial charge in [-0.1, -0.05) is 23.2 Å². The second-order valence-corrected chi connectivity index (χ2v) is 4.49. The van der Waals surface area contributed by atoms with E-state index in [0.717, 1.165) is 31.5 Å². The maximum Gasteiger partial charge on any atom is 0.100 e. The summed E-state index contributed by atoms with van der Waals surface area (Å²) in [7, 11) is 0. The lowest BCUT2D eigenvalue weighted by atomic mass is 10.1. The maximum atomic E-state index is 7.87. The fourth-order valence-electron chi connectivity index (χ4n) is 1.80. The van der Waals surface area contributed by atoms with Crippen molar-refractivity contribution < 1.29 is 0 Å². The number of piperidine rings is 1. The molecule has 80 valence electrons. The predicted molar refractivity (Wildman–Crippen MR) is 65.4 cm³/mol. The highest BCUT2D eigenvalue weighted by atomic mass is 35.5. The molecule has 4 heteroatoms. The highest BCUT2D eigenvalue weighted by molar-refractivity contribution is 6.36. The smallest absolute Gasteiger partial charge is 0.100 e. The van der Waals surface area contributed by atoms with Crippen molar-refractivity contribution >= 4 is 34.7 Å². The van der Waals surface area contributed by atoms with Crippen molar-refractivity contribution in [2.24, 2.45) is 0 Å². The molecule has 1 aliphatic heterocycles. The van der Waals surface area contributed by atoms with Crippen LogP contribution in [0.1, 0.15) is 19.3 Å². The van der Waals surface area contributed by atoms with Crippen molar-refractivity contribution in [3.63, 3.8) is 0 Å². The summed E-state index contributed by atoms with van der Waals surface area (Å²) in [6.45, 7) is 0.875. The van der Waals surface area contributed by atoms with E-state index in [2.05, 4.69) is 0 Å². The standard InChI is InChI=1S/C11H12Cl2N2/c12-8-4-5-10(9(13)7-8)15-6-2-1-3-11(15)14/h4-5,7,14H,1-3,6H2. The maximum absolute atomic E-state index is 7.87. The molecule has 0 radical (unpaired) electrons. The molecule has 1 saturated heterocycles. The number of amidine groups is 1. The summed E-state index contributed by atoms with van der Waals surface area (Å²) in [6, 6.07) is 5.41. The van der Waals surface area contributed by atoms with Crippen LogP contribution in [0.25, 0.3) is 0 Å². The number of hydrogen-bond donors (Lipinski definition) is 1. The summed E-state index contributed by atoms with van der Waals surface area (Å²) in [5, 5.41) is 9.12. The molecule has 0 saturated carbocycles. The second kappa shape index (κ2) is 4.42. The van der Waals surface area contributed by atoms with Gasteiger partial charge in [-0.2, -0.15) is 0 Å². The van der Waals surface area contributed by atoms with Gasteiger partial charge in [-0.15, -0.1) is 0 Å². The highest BCUT2D eigenvalue weighted by Crippen LogP contribution is 2.31. The van der Waals surface area contributed by atoms with Gasteiger partial charge in [-0.25, -0.2) is 0 Å². The molecule has 1 N–H and O–H groups in total. The number of nitrogens with zero attached hydrogens (tertiary/aromatic N) is 1. The first-order valence-electron chi connectivity index (χ1n) is 4.98. The van der Waals surface area contributed by atoms with Crippen LogP contribution in [0.2, 0.25) is 10.0 Å². The normalized spacial score (nSPS) is 16.9. The lowest BCUT2D eigenvalue weighted by Gasteiger charge is -2.30. The lowest BCUT2D eigenvalue weighted by molar-refractivity contribution is 0.707. The van der Waals surface area contributed by atoms with Crippen molar-refractivity contribution in [2.45, 2.75) is 19.3 Å². The third kappa shape index (κ3) is 2.27. The van der Waals surface area contributed by atoms with E-state index in [-0.39, 0.29) is 0 Å². The second-order valence-electron chi connectivity index (χ2n) is 3.65. The molecule has 0 amide bonds. The van der Waals surface area contributed by atoms with Crippen LogP contribution in [0, 0.1) is 5.41 Å². The third-order valence-corrected chi connectivity index (χ3v) is 3.11. The molecule has 15 heavy (non-hydrogen) atoms.